The fourth-order valence-corrected chi connectivity index (χ4v) is 3.87. The molecule has 0 aliphatic carbocycles. The molecule has 4 rings (SSSR count). The summed E-state index contributed by atoms with van der Waals surface area (Å²) in [5.41, 5.74) is 1.77. The minimum atomic E-state index is -0.409. The van der Waals surface area contributed by atoms with Crippen molar-refractivity contribution in [2.45, 2.75) is 13.3 Å². The monoisotopic (exact) mass is 425 g/mol. The predicted octanol–water partition coefficient (Wildman–Crippen LogP) is 1.76. The van der Waals surface area contributed by atoms with Crippen LogP contribution in [0, 0.1) is 10.1 Å². The van der Waals surface area contributed by atoms with E-state index in [9.17, 15) is 14.9 Å². The van der Waals surface area contributed by atoms with Crippen LogP contribution in [-0.2, 0) is 6.42 Å². The van der Waals surface area contributed by atoms with Gasteiger partial charge >= 0.3 is 6.03 Å². The number of nitrogens with one attached hydrogen (secondary N) is 1. The number of urea groups is 1. The van der Waals surface area contributed by atoms with Crippen molar-refractivity contribution in [1.82, 2.24) is 25.1 Å². The lowest BCUT2D eigenvalue weighted by atomic mass is 10.2. The third-order valence-corrected chi connectivity index (χ3v) is 5.79. The summed E-state index contributed by atoms with van der Waals surface area (Å²) in [7, 11) is 0. The molecule has 0 saturated carbocycles. The molecule has 0 atom stereocenters. The number of anilines is 1. The number of nitro benzene ring substituents is 1. The zero-order valence-electron chi connectivity index (χ0n) is 17.7. The van der Waals surface area contributed by atoms with Gasteiger partial charge in [0.25, 0.3) is 5.69 Å². The Hall–Kier alpha value is -3.27. The van der Waals surface area contributed by atoms with Gasteiger partial charge in [0.2, 0.25) is 0 Å². The van der Waals surface area contributed by atoms with Crippen LogP contribution in [0.15, 0.2) is 30.3 Å². The summed E-state index contributed by atoms with van der Waals surface area (Å²) in [6.07, 6.45) is 0.785. The molecule has 10 nitrogen and oxygen atoms in total. The van der Waals surface area contributed by atoms with Crippen LogP contribution in [0.3, 0.4) is 0 Å². The van der Waals surface area contributed by atoms with Crippen LogP contribution >= 0.6 is 0 Å². The Morgan fingerprint density at radius 1 is 1.06 bits per heavy atom. The molecule has 2 aliphatic heterocycles. The lowest BCUT2D eigenvalue weighted by molar-refractivity contribution is -0.384. The van der Waals surface area contributed by atoms with Gasteiger partial charge in [-0.2, -0.15) is 0 Å². The molecule has 3 heterocycles. The fraction of sp³-hybridized carbons (Fsp3) is 0.476. The number of aryl methyl sites for hydroxylation is 1. The molecular weight excluding hydrogens is 398 g/mol. The summed E-state index contributed by atoms with van der Waals surface area (Å²) in [5.74, 6) is 1.48. The highest BCUT2D eigenvalue weighted by Gasteiger charge is 2.23. The largest absolute Gasteiger partial charge is 0.354 e. The van der Waals surface area contributed by atoms with E-state index in [0.29, 0.717) is 5.82 Å². The number of amides is 2. The van der Waals surface area contributed by atoms with Crippen LogP contribution in [0.1, 0.15) is 12.6 Å². The minimum Gasteiger partial charge on any atom is -0.354 e. The number of nitrogens with zero attached hydrogens (tertiary/aromatic N) is 6. The molecule has 2 fully saturated rings. The molecule has 2 saturated heterocycles. The molecule has 0 spiro atoms. The van der Waals surface area contributed by atoms with Gasteiger partial charge in [-0.15, -0.1) is 0 Å². The standard InChI is InChI=1S/C21H27N7O3/c1-2-17-15-19(24-20(23-17)16-3-5-18(6-4-16)28(30)31)26-12-9-25(10-13-26)11-14-27-8-7-22-21(27)29/h3-6,15H,2,7-14H2,1H3,(H,22,29). The summed E-state index contributed by atoms with van der Waals surface area (Å²) in [6.45, 7) is 8.73. The van der Waals surface area contributed by atoms with Crippen LogP contribution < -0.4 is 10.2 Å². The molecule has 0 radical (unpaired) electrons. The third kappa shape index (κ3) is 4.91. The maximum Gasteiger partial charge on any atom is 0.317 e. The summed E-state index contributed by atoms with van der Waals surface area (Å²) < 4.78 is 0. The van der Waals surface area contributed by atoms with E-state index in [1.54, 1.807) is 12.1 Å². The van der Waals surface area contributed by atoms with E-state index in [-0.39, 0.29) is 11.7 Å². The number of aromatic nitrogens is 2. The molecule has 2 aliphatic rings. The summed E-state index contributed by atoms with van der Waals surface area (Å²) in [5, 5.41) is 13.8. The van der Waals surface area contributed by atoms with E-state index < -0.39 is 4.92 Å². The number of piperazine rings is 1. The second-order valence-corrected chi connectivity index (χ2v) is 7.75. The zero-order chi connectivity index (χ0) is 21.8. The van der Waals surface area contributed by atoms with Crippen molar-refractivity contribution in [2.24, 2.45) is 0 Å². The Kier molecular flexibility index (Phi) is 6.26. The quantitative estimate of drug-likeness (QED) is 0.532. The molecule has 31 heavy (non-hydrogen) atoms. The van der Waals surface area contributed by atoms with Crippen molar-refractivity contribution < 1.29 is 9.72 Å². The molecule has 1 aromatic heterocycles. The molecule has 1 aromatic carbocycles. The van der Waals surface area contributed by atoms with Crippen molar-refractivity contribution in [3.8, 4) is 11.4 Å². The molecule has 10 heteroatoms. The Morgan fingerprint density at radius 2 is 1.81 bits per heavy atom. The van der Waals surface area contributed by atoms with Crippen molar-refractivity contribution in [2.75, 3.05) is 57.3 Å². The summed E-state index contributed by atoms with van der Waals surface area (Å²) in [6, 6.07) is 8.42. The van der Waals surface area contributed by atoms with E-state index in [0.717, 1.165) is 75.9 Å². The fourth-order valence-electron chi connectivity index (χ4n) is 3.87. The average Bonchev–Trinajstić information content (AvgIpc) is 3.22. The maximum absolute atomic E-state index is 11.7. The van der Waals surface area contributed by atoms with Crippen molar-refractivity contribution in [1.29, 1.82) is 0 Å². The predicted molar refractivity (Wildman–Crippen MR) is 117 cm³/mol. The van der Waals surface area contributed by atoms with Crippen LogP contribution in [0.25, 0.3) is 11.4 Å². The SMILES string of the molecule is CCc1cc(N2CCN(CCN3CCNC3=O)CC2)nc(-c2ccc([N+](=O)[O-])cc2)n1. The van der Waals surface area contributed by atoms with E-state index >= 15 is 0 Å². The van der Waals surface area contributed by atoms with E-state index in [1.165, 1.54) is 12.1 Å². The second-order valence-electron chi connectivity index (χ2n) is 7.75. The smallest absolute Gasteiger partial charge is 0.317 e. The van der Waals surface area contributed by atoms with Gasteiger partial charge in [-0.3, -0.25) is 15.0 Å². The van der Waals surface area contributed by atoms with E-state index in [4.69, 9.17) is 4.98 Å². The van der Waals surface area contributed by atoms with Crippen LogP contribution in [0.4, 0.5) is 16.3 Å². The molecule has 0 unspecified atom stereocenters. The highest BCUT2D eigenvalue weighted by atomic mass is 16.6. The van der Waals surface area contributed by atoms with Gasteiger partial charge in [-0.05, 0) is 18.6 Å². The van der Waals surface area contributed by atoms with Gasteiger partial charge < -0.3 is 15.1 Å². The normalized spacial score (nSPS) is 17.1. The number of hydrogen-bond donors (Lipinski definition) is 1. The first-order valence-electron chi connectivity index (χ1n) is 10.7. The molecule has 0 bridgehead atoms. The second kappa shape index (κ2) is 9.25. The topological polar surface area (TPSA) is 108 Å². The molecule has 2 amide bonds. The van der Waals surface area contributed by atoms with E-state index in [1.807, 2.05) is 11.0 Å². The Morgan fingerprint density at radius 3 is 2.42 bits per heavy atom. The average molecular weight is 425 g/mol. The Bertz CT molecular complexity index is 942. The first-order valence-corrected chi connectivity index (χ1v) is 10.7. The lowest BCUT2D eigenvalue weighted by Gasteiger charge is -2.36. The van der Waals surface area contributed by atoms with Crippen molar-refractivity contribution in [3.63, 3.8) is 0 Å². The first kappa shape index (κ1) is 21.0. The Labute approximate surface area is 181 Å². The van der Waals surface area contributed by atoms with Gasteiger partial charge in [0.1, 0.15) is 5.82 Å². The number of nitro groups is 1. The third-order valence-electron chi connectivity index (χ3n) is 5.79. The zero-order valence-corrected chi connectivity index (χ0v) is 17.7. The highest BCUT2D eigenvalue weighted by molar-refractivity contribution is 5.76. The molecule has 2 aromatic rings. The van der Waals surface area contributed by atoms with Crippen LogP contribution in [0.5, 0.6) is 0 Å². The molecular formula is C21H27N7O3. The highest BCUT2D eigenvalue weighted by Crippen LogP contribution is 2.23. The number of hydrogen-bond acceptors (Lipinski definition) is 7. The summed E-state index contributed by atoms with van der Waals surface area (Å²) >= 11 is 0. The summed E-state index contributed by atoms with van der Waals surface area (Å²) in [4.78, 5) is 38.1. The number of benzene rings is 1. The van der Waals surface area contributed by atoms with Crippen LogP contribution in [-0.4, -0.2) is 83.1 Å². The van der Waals surface area contributed by atoms with Crippen molar-refractivity contribution >= 4 is 17.5 Å². The van der Waals surface area contributed by atoms with Gasteiger partial charge in [-0.1, -0.05) is 6.92 Å². The van der Waals surface area contributed by atoms with Gasteiger partial charge in [-0.25, -0.2) is 14.8 Å². The van der Waals surface area contributed by atoms with Crippen molar-refractivity contribution in [3.05, 3.63) is 46.1 Å². The maximum atomic E-state index is 11.7. The first-order chi connectivity index (χ1) is 15.0. The number of carbonyl (C=O) groups is 1. The van der Waals surface area contributed by atoms with Gasteiger partial charge in [0, 0.05) is 81.8 Å². The minimum absolute atomic E-state index is 0.0329. The number of carbonyl (C=O) groups excluding carboxylic acids is 1. The van der Waals surface area contributed by atoms with Crippen LogP contribution in [0.2, 0.25) is 0 Å². The Balaban J connectivity index is 1.41. The van der Waals surface area contributed by atoms with Gasteiger partial charge in [0.15, 0.2) is 5.82 Å². The molecule has 1 N–H and O–H groups in total. The lowest BCUT2D eigenvalue weighted by Crippen LogP contribution is -2.49. The van der Waals surface area contributed by atoms with E-state index in [2.05, 4.69) is 27.0 Å². The number of rotatable bonds is 7. The molecule has 164 valence electrons. The van der Waals surface area contributed by atoms with Gasteiger partial charge in [0.05, 0.1) is 4.92 Å². The number of non-ortho nitro benzene ring substituents is 1.